The number of aromatic hydroxyl groups is 1. The Kier molecular flexibility index (Phi) is 6.72. The first-order valence-corrected chi connectivity index (χ1v) is 9.70. The quantitative estimate of drug-likeness (QED) is 0.650. The second kappa shape index (κ2) is 8.38. The van der Waals surface area contributed by atoms with E-state index in [1.165, 1.54) is 6.07 Å². The smallest absolute Gasteiger partial charge is 0.492 e. The molecule has 3 N–H and O–H groups in total. The summed E-state index contributed by atoms with van der Waals surface area (Å²) in [4.78, 5) is 12.1. The number of hydrogen-bond donors (Lipinski definition) is 3. The summed E-state index contributed by atoms with van der Waals surface area (Å²) in [5, 5.41) is 21.9. The van der Waals surface area contributed by atoms with E-state index < -0.39 is 30.0 Å². The molecule has 2 rings (SSSR count). The molecule has 1 saturated heterocycles. The first kappa shape index (κ1) is 23.3. The Labute approximate surface area is 173 Å². The van der Waals surface area contributed by atoms with Gasteiger partial charge in [-0.25, -0.2) is 4.79 Å². The van der Waals surface area contributed by atoms with Crippen molar-refractivity contribution in [3.63, 3.8) is 0 Å². The lowest BCUT2D eigenvalue weighted by Crippen LogP contribution is -2.41. The van der Waals surface area contributed by atoms with E-state index in [1.807, 2.05) is 33.8 Å². The number of amides is 1. The number of alkyl carbamates (subject to hydrolysis) is 1. The van der Waals surface area contributed by atoms with Crippen molar-refractivity contribution in [1.29, 1.82) is 0 Å². The van der Waals surface area contributed by atoms with Crippen molar-refractivity contribution in [2.45, 2.75) is 71.9 Å². The standard InChI is InChI=1S/C21H32BNO6/c1-19(2,3)27-18(26)23-12-16(22-28-20(4,5)21(6,7)29-22)11-14-8-9-17(25)15(10-14)13-24/h8-11,24-25H,12-13H2,1-7H3,(H,23,26). The number of carbonyl (C=O) groups excluding carboxylic acids is 1. The van der Waals surface area contributed by atoms with Crippen LogP contribution in [0.15, 0.2) is 23.7 Å². The molecule has 0 radical (unpaired) electrons. The van der Waals surface area contributed by atoms with E-state index in [2.05, 4.69) is 5.32 Å². The first-order valence-electron chi connectivity index (χ1n) is 9.70. The third-order valence-electron chi connectivity index (χ3n) is 5.02. The van der Waals surface area contributed by atoms with Crippen molar-refractivity contribution in [3.05, 3.63) is 34.8 Å². The molecule has 0 aliphatic carbocycles. The van der Waals surface area contributed by atoms with Crippen LogP contribution in [0.1, 0.15) is 59.6 Å². The molecule has 1 aliphatic heterocycles. The van der Waals surface area contributed by atoms with Crippen molar-refractivity contribution >= 4 is 19.3 Å². The van der Waals surface area contributed by atoms with Gasteiger partial charge >= 0.3 is 13.2 Å². The average molecular weight is 405 g/mol. The number of carbonyl (C=O) groups is 1. The first-order chi connectivity index (χ1) is 13.2. The van der Waals surface area contributed by atoms with E-state index in [9.17, 15) is 15.0 Å². The lowest BCUT2D eigenvalue weighted by Gasteiger charge is -2.32. The molecular formula is C21H32BNO6. The van der Waals surface area contributed by atoms with E-state index in [0.29, 0.717) is 11.0 Å². The van der Waals surface area contributed by atoms with Crippen molar-refractivity contribution in [2.75, 3.05) is 6.54 Å². The Hall–Kier alpha value is -2.03. The normalized spacial score (nSPS) is 18.6. The maximum Gasteiger partial charge on any atom is 0.492 e. The van der Waals surface area contributed by atoms with Crippen molar-refractivity contribution < 1.29 is 29.1 Å². The molecule has 0 aromatic heterocycles. The number of aliphatic hydroxyl groups is 1. The predicted octanol–water partition coefficient (Wildman–Crippen LogP) is 3.42. The zero-order chi connectivity index (χ0) is 22.0. The Morgan fingerprint density at radius 2 is 1.79 bits per heavy atom. The third kappa shape index (κ3) is 5.98. The van der Waals surface area contributed by atoms with Gasteiger partial charge in [-0.3, -0.25) is 0 Å². The van der Waals surface area contributed by atoms with Crippen LogP contribution < -0.4 is 5.32 Å². The molecule has 0 bridgehead atoms. The number of nitrogens with one attached hydrogen (secondary N) is 1. The maximum atomic E-state index is 12.1. The topological polar surface area (TPSA) is 97.3 Å². The molecule has 1 amide bonds. The number of ether oxygens (including phenoxy) is 1. The summed E-state index contributed by atoms with van der Waals surface area (Å²) in [5.74, 6) is 0.0220. The van der Waals surface area contributed by atoms with Gasteiger partial charge in [0.25, 0.3) is 0 Å². The third-order valence-corrected chi connectivity index (χ3v) is 5.02. The highest BCUT2D eigenvalue weighted by atomic mass is 16.7. The largest absolute Gasteiger partial charge is 0.508 e. The Bertz CT molecular complexity index is 766. The van der Waals surface area contributed by atoms with Crippen LogP contribution in [-0.4, -0.2) is 46.8 Å². The minimum Gasteiger partial charge on any atom is -0.508 e. The van der Waals surface area contributed by atoms with Gasteiger partial charge in [0, 0.05) is 12.1 Å². The van der Waals surface area contributed by atoms with Crippen molar-refractivity contribution in [2.24, 2.45) is 0 Å². The van der Waals surface area contributed by atoms with Crippen LogP contribution in [0.3, 0.4) is 0 Å². The maximum absolute atomic E-state index is 12.1. The van der Waals surface area contributed by atoms with E-state index in [-0.39, 0.29) is 18.9 Å². The summed E-state index contributed by atoms with van der Waals surface area (Å²) in [7, 11) is -0.665. The predicted molar refractivity (Wildman–Crippen MR) is 112 cm³/mol. The van der Waals surface area contributed by atoms with E-state index in [4.69, 9.17) is 14.0 Å². The van der Waals surface area contributed by atoms with Gasteiger partial charge in [0.2, 0.25) is 0 Å². The van der Waals surface area contributed by atoms with Gasteiger partial charge in [0.1, 0.15) is 11.4 Å². The molecule has 1 aromatic carbocycles. The summed E-state index contributed by atoms with van der Waals surface area (Å²) in [6.45, 7) is 13.1. The van der Waals surface area contributed by atoms with Crippen molar-refractivity contribution in [3.8, 4) is 5.75 Å². The fourth-order valence-corrected chi connectivity index (χ4v) is 2.72. The van der Waals surface area contributed by atoms with Crippen LogP contribution in [0.5, 0.6) is 5.75 Å². The lowest BCUT2D eigenvalue weighted by atomic mass is 9.77. The number of rotatable bonds is 5. The minimum atomic E-state index is -0.665. The highest BCUT2D eigenvalue weighted by molar-refractivity contribution is 6.56. The summed E-state index contributed by atoms with van der Waals surface area (Å²) >= 11 is 0. The van der Waals surface area contributed by atoms with Crippen LogP contribution in [-0.2, 0) is 20.7 Å². The second-order valence-electron chi connectivity index (χ2n) is 9.21. The molecule has 1 aromatic rings. The zero-order valence-electron chi connectivity index (χ0n) is 18.3. The van der Waals surface area contributed by atoms with Gasteiger partial charge in [-0.1, -0.05) is 12.1 Å². The van der Waals surface area contributed by atoms with Crippen LogP contribution >= 0.6 is 0 Å². The molecule has 0 saturated carbocycles. The molecule has 8 heteroatoms. The van der Waals surface area contributed by atoms with Crippen LogP contribution in [0, 0.1) is 0 Å². The highest BCUT2D eigenvalue weighted by Gasteiger charge is 2.52. The van der Waals surface area contributed by atoms with Gasteiger partial charge in [-0.05, 0) is 71.6 Å². The second-order valence-corrected chi connectivity index (χ2v) is 9.21. The lowest BCUT2D eigenvalue weighted by molar-refractivity contribution is 0.00578. The van der Waals surface area contributed by atoms with Gasteiger partial charge in [-0.2, -0.15) is 0 Å². The summed E-state index contributed by atoms with van der Waals surface area (Å²) in [6, 6.07) is 4.90. The van der Waals surface area contributed by atoms with Crippen LogP contribution in [0.2, 0.25) is 0 Å². The number of hydrogen-bond acceptors (Lipinski definition) is 6. The van der Waals surface area contributed by atoms with Crippen LogP contribution in [0.4, 0.5) is 4.79 Å². The van der Waals surface area contributed by atoms with Crippen molar-refractivity contribution in [1.82, 2.24) is 5.32 Å². The number of benzene rings is 1. The number of aliphatic hydroxyl groups excluding tert-OH is 1. The Balaban J connectivity index is 2.30. The molecule has 0 atom stereocenters. The fourth-order valence-electron chi connectivity index (χ4n) is 2.72. The highest BCUT2D eigenvalue weighted by Crippen LogP contribution is 2.38. The Morgan fingerprint density at radius 3 is 2.31 bits per heavy atom. The number of phenols is 1. The van der Waals surface area contributed by atoms with Gasteiger partial charge < -0.3 is 29.6 Å². The summed E-state index contributed by atoms with van der Waals surface area (Å²) in [5.41, 5.74) is 0.159. The molecule has 1 aliphatic rings. The molecule has 29 heavy (non-hydrogen) atoms. The van der Waals surface area contributed by atoms with Gasteiger partial charge in [0.05, 0.1) is 17.8 Å². The summed E-state index contributed by atoms with van der Waals surface area (Å²) < 4.78 is 17.6. The molecule has 1 heterocycles. The molecule has 160 valence electrons. The summed E-state index contributed by atoms with van der Waals surface area (Å²) in [6.07, 6.45) is 1.28. The average Bonchev–Trinajstić information content (AvgIpc) is 2.79. The molecule has 7 nitrogen and oxygen atoms in total. The molecule has 1 fully saturated rings. The monoisotopic (exact) mass is 405 g/mol. The molecular weight excluding hydrogens is 373 g/mol. The van der Waals surface area contributed by atoms with Gasteiger partial charge in [0.15, 0.2) is 0 Å². The molecule has 0 unspecified atom stereocenters. The van der Waals surface area contributed by atoms with Crippen LogP contribution in [0.25, 0.3) is 6.08 Å². The molecule has 0 spiro atoms. The Morgan fingerprint density at radius 1 is 1.21 bits per heavy atom. The van der Waals surface area contributed by atoms with Gasteiger partial charge in [-0.15, -0.1) is 0 Å². The minimum absolute atomic E-state index is 0.0220. The zero-order valence-corrected chi connectivity index (χ0v) is 18.3. The van der Waals surface area contributed by atoms with E-state index in [1.54, 1.807) is 32.9 Å². The van der Waals surface area contributed by atoms with E-state index >= 15 is 0 Å². The fraction of sp³-hybridized carbons (Fsp3) is 0.571. The SMILES string of the molecule is CC(C)(C)OC(=O)NCC(=Cc1ccc(O)c(CO)c1)B1OC(C)(C)C(C)(C)O1. The van der Waals surface area contributed by atoms with E-state index in [0.717, 1.165) is 5.56 Å².